The fourth-order valence-corrected chi connectivity index (χ4v) is 2.15. The zero-order valence-corrected chi connectivity index (χ0v) is 9.08. The summed E-state index contributed by atoms with van der Waals surface area (Å²) in [5.74, 6) is 0. The lowest BCUT2D eigenvalue weighted by atomic mass is 10.4. The Hall–Kier alpha value is -0.170. The highest BCUT2D eigenvalue weighted by molar-refractivity contribution is 7.89. The molecule has 0 aliphatic carbocycles. The second kappa shape index (κ2) is 4.90. The molecule has 0 aromatic rings. The molecule has 80 valence electrons. The first-order chi connectivity index (χ1) is 5.87. The van der Waals surface area contributed by atoms with Crippen molar-refractivity contribution in [3.8, 4) is 0 Å². The normalized spacial score (nSPS) is 17.4. The molecule has 0 amide bonds. The van der Waals surface area contributed by atoms with Crippen LogP contribution in [0.15, 0.2) is 0 Å². The van der Waals surface area contributed by atoms with Crippen LogP contribution in [0.5, 0.6) is 0 Å². The van der Waals surface area contributed by atoms with Gasteiger partial charge in [-0.25, -0.2) is 8.42 Å². The Morgan fingerprint density at radius 3 is 2.23 bits per heavy atom. The Kier molecular flexibility index (Phi) is 4.83. The van der Waals surface area contributed by atoms with E-state index in [1.165, 1.54) is 7.05 Å². The van der Waals surface area contributed by atoms with Crippen LogP contribution in [-0.2, 0) is 10.0 Å². The predicted octanol–water partition coefficient (Wildman–Crippen LogP) is -1.02. The number of nitrogens with zero attached hydrogens (tertiary/aromatic N) is 1. The van der Waals surface area contributed by atoms with Gasteiger partial charge >= 0.3 is 0 Å². The molecular formula is C7H18N2O3S. The molecule has 0 aliphatic heterocycles. The summed E-state index contributed by atoms with van der Waals surface area (Å²) in [6, 6.07) is -0.404. The van der Waals surface area contributed by atoms with Gasteiger partial charge in [0.15, 0.2) is 0 Å². The Balaban J connectivity index is 4.64. The summed E-state index contributed by atoms with van der Waals surface area (Å²) >= 11 is 0. The molecule has 0 spiro atoms. The molecule has 0 aliphatic rings. The minimum atomic E-state index is -3.35. The molecule has 0 bridgehead atoms. The number of hydrogen-bond acceptors (Lipinski definition) is 4. The number of hydrogen-bond donors (Lipinski definition) is 2. The van der Waals surface area contributed by atoms with Gasteiger partial charge in [0.1, 0.15) is 0 Å². The number of aliphatic hydroxyl groups excluding tert-OH is 1. The molecule has 0 aromatic heterocycles. The Labute approximate surface area is 79.6 Å². The maximum atomic E-state index is 11.6. The van der Waals surface area contributed by atoms with Crippen LogP contribution in [0.1, 0.15) is 13.8 Å². The van der Waals surface area contributed by atoms with E-state index in [0.717, 1.165) is 4.31 Å². The number of nitrogens with two attached hydrogens (primary N) is 1. The highest BCUT2D eigenvalue weighted by atomic mass is 32.2. The highest BCUT2D eigenvalue weighted by Crippen LogP contribution is 2.09. The van der Waals surface area contributed by atoms with Crippen molar-refractivity contribution in [3.05, 3.63) is 0 Å². The van der Waals surface area contributed by atoms with Gasteiger partial charge in [-0.15, -0.1) is 0 Å². The van der Waals surface area contributed by atoms with E-state index in [-0.39, 0.29) is 13.2 Å². The lowest BCUT2D eigenvalue weighted by molar-refractivity contribution is 0.213. The second-order valence-corrected chi connectivity index (χ2v) is 5.55. The smallest absolute Gasteiger partial charge is 0.218 e. The van der Waals surface area contributed by atoms with Crippen LogP contribution in [0, 0.1) is 0 Å². The van der Waals surface area contributed by atoms with E-state index in [4.69, 9.17) is 10.8 Å². The molecule has 5 nitrogen and oxygen atoms in total. The third kappa shape index (κ3) is 2.91. The summed E-state index contributed by atoms with van der Waals surface area (Å²) in [6.07, 6.45) is 0. The largest absolute Gasteiger partial charge is 0.395 e. The van der Waals surface area contributed by atoms with Gasteiger partial charge in [-0.1, -0.05) is 0 Å². The maximum absolute atomic E-state index is 11.6. The van der Waals surface area contributed by atoms with Crippen molar-refractivity contribution in [1.82, 2.24) is 4.31 Å². The summed E-state index contributed by atoms with van der Waals surface area (Å²) in [6.45, 7) is 3.09. The Bertz CT molecular complexity index is 240. The van der Waals surface area contributed by atoms with Gasteiger partial charge in [-0.05, 0) is 13.8 Å². The van der Waals surface area contributed by atoms with Gasteiger partial charge in [0.25, 0.3) is 0 Å². The molecule has 0 aromatic carbocycles. The first kappa shape index (κ1) is 12.8. The van der Waals surface area contributed by atoms with Crippen LogP contribution in [0.25, 0.3) is 0 Å². The third-order valence-corrected chi connectivity index (χ3v) is 4.50. The molecule has 0 saturated heterocycles. The standard InChI is InChI=1S/C7H18N2O3S/c1-6(5-10)9(3)13(11,12)7(2)4-8/h6-7,10H,4-5,8H2,1-3H3. The summed E-state index contributed by atoms with van der Waals surface area (Å²) in [5, 5.41) is 8.18. The molecule has 0 saturated carbocycles. The van der Waals surface area contributed by atoms with Crippen molar-refractivity contribution in [3.63, 3.8) is 0 Å². The van der Waals surface area contributed by atoms with Crippen LogP contribution >= 0.6 is 0 Å². The molecule has 13 heavy (non-hydrogen) atoms. The van der Waals surface area contributed by atoms with Crippen molar-refractivity contribution in [1.29, 1.82) is 0 Å². The topological polar surface area (TPSA) is 83.6 Å². The van der Waals surface area contributed by atoms with Gasteiger partial charge in [-0.3, -0.25) is 0 Å². The van der Waals surface area contributed by atoms with Crippen molar-refractivity contribution in [2.45, 2.75) is 25.1 Å². The van der Waals surface area contributed by atoms with Crippen molar-refractivity contribution in [2.24, 2.45) is 5.73 Å². The lowest BCUT2D eigenvalue weighted by Crippen LogP contribution is -2.44. The fraction of sp³-hybridized carbons (Fsp3) is 1.00. The SMILES string of the molecule is CC(CO)N(C)S(=O)(=O)C(C)CN. The molecular weight excluding hydrogens is 192 g/mol. The summed E-state index contributed by atoms with van der Waals surface area (Å²) < 4.78 is 24.4. The lowest BCUT2D eigenvalue weighted by Gasteiger charge is -2.25. The van der Waals surface area contributed by atoms with Crippen molar-refractivity contribution in [2.75, 3.05) is 20.2 Å². The van der Waals surface area contributed by atoms with E-state index in [1.807, 2.05) is 0 Å². The van der Waals surface area contributed by atoms with Crippen molar-refractivity contribution < 1.29 is 13.5 Å². The number of likely N-dealkylation sites (N-methyl/N-ethyl adjacent to an activating group) is 1. The van der Waals surface area contributed by atoms with Crippen LogP contribution in [0.3, 0.4) is 0 Å². The van der Waals surface area contributed by atoms with Gasteiger partial charge < -0.3 is 10.8 Å². The van der Waals surface area contributed by atoms with Crippen LogP contribution in [-0.4, -0.2) is 49.3 Å². The van der Waals surface area contributed by atoms with Gasteiger partial charge in [-0.2, -0.15) is 4.31 Å². The molecule has 0 heterocycles. The van der Waals surface area contributed by atoms with Crippen LogP contribution in [0.2, 0.25) is 0 Å². The van der Waals surface area contributed by atoms with E-state index in [1.54, 1.807) is 13.8 Å². The van der Waals surface area contributed by atoms with Crippen LogP contribution < -0.4 is 5.73 Å². The highest BCUT2D eigenvalue weighted by Gasteiger charge is 2.27. The zero-order valence-electron chi connectivity index (χ0n) is 8.27. The molecule has 2 atom stereocenters. The van der Waals surface area contributed by atoms with Crippen LogP contribution in [0.4, 0.5) is 0 Å². The minimum absolute atomic E-state index is 0.0881. The number of sulfonamides is 1. The molecule has 0 fully saturated rings. The molecule has 0 radical (unpaired) electrons. The fourth-order valence-electron chi connectivity index (χ4n) is 0.771. The molecule has 6 heteroatoms. The maximum Gasteiger partial charge on any atom is 0.218 e. The summed E-state index contributed by atoms with van der Waals surface area (Å²) in [4.78, 5) is 0. The van der Waals surface area contributed by atoms with E-state index < -0.39 is 21.3 Å². The molecule has 0 rings (SSSR count). The predicted molar refractivity (Wildman–Crippen MR) is 51.7 cm³/mol. The summed E-state index contributed by atoms with van der Waals surface area (Å²) in [5.41, 5.74) is 5.27. The average molecular weight is 210 g/mol. The minimum Gasteiger partial charge on any atom is -0.395 e. The van der Waals surface area contributed by atoms with E-state index >= 15 is 0 Å². The van der Waals surface area contributed by atoms with Gasteiger partial charge in [0, 0.05) is 19.6 Å². The van der Waals surface area contributed by atoms with Crippen molar-refractivity contribution >= 4 is 10.0 Å². The third-order valence-electron chi connectivity index (χ3n) is 2.13. The number of aliphatic hydroxyl groups is 1. The van der Waals surface area contributed by atoms with Gasteiger partial charge in [0.2, 0.25) is 10.0 Å². The van der Waals surface area contributed by atoms with Gasteiger partial charge in [0.05, 0.1) is 11.9 Å². The van der Waals surface area contributed by atoms with E-state index in [9.17, 15) is 8.42 Å². The monoisotopic (exact) mass is 210 g/mol. The van der Waals surface area contributed by atoms with E-state index in [2.05, 4.69) is 0 Å². The first-order valence-corrected chi connectivity index (χ1v) is 5.66. The molecule has 2 unspecified atom stereocenters. The summed E-state index contributed by atoms with van der Waals surface area (Å²) in [7, 11) is -1.91. The second-order valence-electron chi connectivity index (χ2n) is 3.14. The van der Waals surface area contributed by atoms with E-state index in [0.29, 0.717) is 0 Å². The first-order valence-electron chi connectivity index (χ1n) is 4.15. The number of rotatable bonds is 5. The molecule has 3 N–H and O–H groups in total. The Morgan fingerprint density at radius 1 is 1.46 bits per heavy atom. The Morgan fingerprint density at radius 2 is 1.92 bits per heavy atom. The average Bonchev–Trinajstić information content (AvgIpc) is 2.13. The zero-order chi connectivity index (χ0) is 10.6. The quantitative estimate of drug-likeness (QED) is 0.608.